The molecule has 4 fully saturated rings. The summed E-state index contributed by atoms with van der Waals surface area (Å²) in [6, 6.07) is 7.71. The summed E-state index contributed by atoms with van der Waals surface area (Å²) in [6.07, 6.45) is 1.93. The maximum Gasteiger partial charge on any atom is 0.352 e. The highest BCUT2D eigenvalue weighted by Gasteiger charge is 3.03. The molecule has 0 saturated heterocycles. The maximum absolute atomic E-state index is 13.5. The molecule has 4 saturated carbocycles. The van der Waals surface area contributed by atoms with E-state index in [9.17, 15) is 26.4 Å². The van der Waals surface area contributed by atoms with Crippen LogP contribution in [0.4, 0.5) is 0 Å². The Morgan fingerprint density at radius 3 is 1.67 bits per heavy atom. The minimum Gasteiger partial charge on any atom is -0.270 e. The molecule has 11 nitrogen and oxygen atoms in total. The summed E-state index contributed by atoms with van der Waals surface area (Å²) in [5.74, 6) is 0.427. The third-order valence-electron chi connectivity index (χ3n) is 8.83. The van der Waals surface area contributed by atoms with Crippen LogP contribution in [0.1, 0.15) is 12.1 Å². The first-order valence-electron chi connectivity index (χ1n) is 10.7. The first-order chi connectivity index (χ1) is 15.5. The zero-order chi connectivity index (χ0) is 23.3. The van der Waals surface area contributed by atoms with E-state index >= 15 is 0 Å². The summed E-state index contributed by atoms with van der Waals surface area (Å²) in [6.45, 7) is -0.330. The van der Waals surface area contributed by atoms with Crippen molar-refractivity contribution in [1.82, 2.24) is 13.9 Å². The first kappa shape index (κ1) is 20.2. The summed E-state index contributed by atoms with van der Waals surface area (Å²) in [4.78, 5) is 27.1. The van der Waals surface area contributed by atoms with E-state index in [4.69, 9.17) is 8.37 Å². The number of para-hydroxylation sites is 1. The van der Waals surface area contributed by atoms with Gasteiger partial charge in [0.15, 0.2) is 0 Å². The van der Waals surface area contributed by atoms with Crippen molar-refractivity contribution in [2.75, 3.05) is 25.7 Å². The average Bonchev–Trinajstić information content (AvgIpc) is 3.48. The molecule has 2 aromatic rings. The highest BCUT2D eigenvalue weighted by atomic mass is 32.2. The molecule has 33 heavy (non-hydrogen) atoms. The molecule has 0 spiro atoms. The molecular formula is C20H21N3O8S2. The fourth-order valence-corrected chi connectivity index (χ4v) is 9.03. The highest BCUT2D eigenvalue weighted by Crippen LogP contribution is 3.02. The third-order valence-corrected chi connectivity index (χ3v) is 9.92. The van der Waals surface area contributed by atoms with Crippen LogP contribution in [0.5, 0.6) is 0 Å². The molecule has 2 aliphatic heterocycles. The second-order valence-electron chi connectivity index (χ2n) is 10.0. The largest absolute Gasteiger partial charge is 0.352 e. The van der Waals surface area contributed by atoms with E-state index in [1.54, 1.807) is 30.3 Å². The van der Waals surface area contributed by atoms with Gasteiger partial charge in [0.1, 0.15) is 0 Å². The average molecular weight is 496 g/mol. The van der Waals surface area contributed by atoms with Crippen molar-refractivity contribution < 1.29 is 25.2 Å². The summed E-state index contributed by atoms with van der Waals surface area (Å²) < 4.78 is 62.1. The zero-order valence-electron chi connectivity index (χ0n) is 17.7. The fourth-order valence-electron chi connectivity index (χ4n) is 8.21. The normalized spacial score (nSPS) is 40.7. The summed E-state index contributed by atoms with van der Waals surface area (Å²) in [5.41, 5.74) is -2.05. The molecule has 2 unspecified atom stereocenters. The number of hydrogen-bond acceptors (Lipinski definition) is 8. The zero-order valence-corrected chi connectivity index (χ0v) is 19.3. The van der Waals surface area contributed by atoms with Gasteiger partial charge >= 0.3 is 11.4 Å². The van der Waals surface area contributed by atoms with E-state index in [1.807, 2.05) is 0 Å². The Kier molecular flexibility index (Phi) is 3.38. The van der Waals surface area contributed by atoms with Crippen LogP contribution in [0.15, 0.2) is 39.9 Å². The summed E-state index contributed by atoms with van der Waals surface area (Å²) in [5, 5.41) is 0. The molecular weight excluding hydrogens is 474 g/mol. The topological polar surface area (TPSA) is 136 Å². The molecule has 2 bridgehead atoms. The van der Waals surface area contributed by atoms with E-state index in [1.165, 1.54) is 9.36 Å². The fraction of sp³-hybridized carbons (Fsp3) is 0.600. The van der Waals surface area contributed by atoms with Crippen LogP contribution in [0.2, 0.25) is 0 Å². The lowest BCUT2D eigenvalue weighted by molar-refractivity contribution is -0.0383. The van der Waals surface area contributed by atoms with Gasteiger partial charge in [-0.3, -0.25) is 8.37 Å². The molecule has 8 atom stereocenters. The van der Waals surface area contributed by atoms with Gasteiger partial charge in [0.05, 0.1) is 43.5 Å². The van der Waals surface area contributed by atoms with Gasteiger partial charge in [-0.2, -0.15) is 16.8 Å². The van der Waals surface area contributed by atoms with Crippen LogP contribution in [-0.4, -0.2) is 56.5 Å². The molecule has 0 radical (unpaired) electrons. The summed E-state index contributed by atoms with van der Waals surface area (Å²) >= 11 is 0. The maximum atomic E-state index is 13.5. The number of aromatic nitrogens is 3. The van der Waals surface area contributed by atoms with Crippen molar-refractivity contribution in [3.63, 3.8) is 0 Å². The van der Waals surface area contributed by atoms with E-state index < -0.39 is 54.5 Å². The molecule has 4 aliphatic carbocycles. The van der Waals surface area contributed by atoms with E-state index in [2.05, 4.69) is 0 Å². The van der Waals surface area contributed by atoms with Crippen molar-refractivity contribution in [3.05, 3.63) is 51.3 Å². The van der Waals surface area contributed by atoms with Gasteiger partial charge in [-0.1, -0.05) is 18.2 Å². The van der Waals surface area contributed by atoms with E-state index in [0.29, 0.717) is 5.69 Å². The molecule has 3 heterocycles. The Morgan fingerprint density at radius 1 is 0.788 bits per heavy atom. The Morgan fingerprint density at radius 2 is 1.24 bits per heavy atom. The molecule has 0 amide bonds. The third kappa shape index (κ3) is 2.09. The van der Waals surface area contributed by atoms with Crippen LogP contribution in [0.3, 0.4) is 0 Å². The molecule has 0 N–H and O–H groups in total. The molecule has 13 heteroatoms. The van der Waals surface area contributed by atoms with Gasteiger partial charge in [-0.25, -0.2) is 23.5 Å². The second-order valence-corrected chi connectivity index (χ2v) is 13.3. The van der Waals surface area contributed by atoms with E-state index in [-0.39, 0.29) is 36.9 Å². The number of benzene rings is 1. The lowest BCUT2D eigenvalue weighted by Gasteiger charge is -2.47. The Bertz CT molecular complexity index is 1480. The van der Waals surface area contributed by atoms with Crippen molar-refractivity contribution >= 4 is 20.2 Å². The van der Waals surface area contributed by atoms with Crippen LogP contribution in [0.25, 0.3) is 5.69 Å². The Labute approximate surface area is 188 Å². The first-order valence-corrected chi connectivity index (χ1v) is 14.3. The molecule has 8 rings (SSSR count). The van der Waals surface area contributed by atoms with Crippen molar-refractivity contribution in [2.24, 2.45) is 34.5 Å². The summed E-state index contributed by atoms with van der Waals surface area (Å²) in [7, 11) is -7.54. The number of nitrogens with zero attached hydrogens (tertiary/aromatic N) is 3. The van der Waals surface area contributed by atoms with Crippen LogP contribution in [0, 0.1) is 34.5 Å². The number of hydrogen-bond donors (Lipinski definition) is 0. The Hall–Kier alpha value is -2.22. The van der Waals surface area contributed by atoms with Crippen molar-refractivity contribution in [2.45, 2.75) is 12.1 Å². The van der Waals surface area contributed by atoms with E-state index in [0.717, 1.165) is 17.1 Å². The van der Waals surface area contributed by atoms with Crippen LogP contribution in [-0.2, 0) is 28.6 Å². The second kappa shape index (κ2) is 5.53. The minimum atomic E-state index is -3.77. The highest BCUT2D eigenvalue weighted by molar-refractivity contribution is 7.86. The quantitative estimate of drug-likeness (QED) is 0.462. The standard InChI is InChI=1S/C20H21N3O8S2/c1-32(26,27)30-8-19-14-11-12-13(11)16(20(14,19)9-31-33(2,28)29)23-18(25)21(10-6-4-3-5-7-10)17(24)22(23)15(12)19/h3-7,11-16H,8-9H2,1-2H3/t11?,12-,13+,14?,15+,16-,19-,20-/m1/s1. The van der Waals surface area contributed by atoms with Gasteiger partial charge in [-0.15, -0.1) is 0 Å². The number of rotatable bonds is 7. The van der Waals surface area contributed by atoms with Gasteiger partial charge < -0.3 is 0 Å². The molecule has 1 aromatic heterocycles. The molecule has 176 valence electrons. The van der Waals surface area contributed by atoms with Crippen molar-refractivity contribution in [3.8, 4) is 5.69 Å². The van der Waals surface area contributed by atoms with Gasteiger partial charge in [0.25, 0.3) is 20.2 Å². The molecule has 6 aliphatic rings. The van der Waals surface area contributed by atoms with Crippen LogP contribution < -0.4 is 11.4 Å². The predicted octanol–water partition coefficient (Wildman–Crippen LogP) is -0.659. The SMILES string of the molecule is CS(=O)(=O)OC[C@@]12C3C4[C@@H]5[C@H]4[C@@H](n4c(=O)n(-c6ccccc6)c(=O)n4[C@@H]51)[C@@]32COS(C)(=O)=O. The Balaban J connectivity index is 1.44. The van der Waals surface area contributed by atoms with Crippen molar-refractivity contribution in [1.29, 1.82) is 0 Å². The molecule has 1 aromatic carbocycles. The lowest BCUT2D eigenvalue weighted by Crippen LogP contribution is -2.55. The lowest BCUT2D eigenvalue weighted by atomic mass is 9.72. The van der Waals surface area contributed by atoms with Crippen LogP contribution >= 0.6 is 0 Å². The predicted molar refractivity (Wildman–Crippen MR) is 113 cm³/mol. The van der Waals surface area contributed by atoms with Gasteiger partial charge in [0, 0.05) is 10.8 Å². The monoisotopic (exact) mass is 495 g/mol. The minimum absolute atomic E-state index is 0.0603. The van der Waals surface area contributed by atoms with Gasteiger partial charge in [0.2, 0.25) is 0 Å². The smallest absolute Gasteiger partial charge is 0.270 e. The van der Waals surface area contributed by atoms with Gasteiger partial charge in [-0.05, 0) is 35.8 Å².